The molecule has 0 radical (unpaired) electrons. The number of benzene rings is 2. The van der Waals surface area contributed by atoms with Crippen molar-refractivity contribution in [2.45, 2.75) is 13.3 Å². The van der Waals surface area contributed by atoms with E-state index in [0.717, 1.165) is 17.7 Å². The molecule has 0 spiro atoms. The fourth-order valence-electron chi connectivity index (χ4n) is 3.23. The number of nitrogens with zero attached hydrogens (tertiary/aromatic N) is 2. The number of hydrogen-bond donors (Lipinski definition) is 3. The summed E-state index contributed by atoms with van der Waals surface area (Å²) in [4.78, 5) is 24.3. The van der Waals surface area contributed by atoms with Crippen molar-refractivity contribution < 1.29 is 22.0 Å². The molecular weight excluding hydrogens is 488 g/mol. The van der Waals surface area contributed by atoms with Crippen LogP contribution in [0.1, 0.15) is 23.7 Å². The fraction of sp³-hybridized carbons (Fsp3) is 0.136. The van der Waals surface area contributed by atoms with E-state index >= 15 is 0 Å². The molecule has 0 atom stereocenters. The van der Waals surface area contributed by atoms with E-state index in [1.807, 2.05) is 4.72 Å². The zero-order valence-electron chi connectivity index (χ0n) is 17.7. The first-order valence-electron chi connectivity index (χ1n) is 10.1. The number of halogens is 3. The second kappa shape index (κ2) is 9.35. The molecule has 2 aromatic heterocycles. The van der Waals surface area contributed by atoms with Crippen molar-refractivity contribution in [3.05, 3.63) is 70.9 Å². The fourth-order valence-corrected chi connectivity index (χ4v) is 4.49. The van der Waals surface area contributed by atoms with E-state index in [4.69, 9.17) is 11.6 Å². The van der Waals surface area contributed by atoms with Gasteiger partial charge in [0.1, 0.15) is 22.7 Å². The molecule has 2 heterocycles. The van der Waals surface area contributed by atoms with E-state index in [1.165, 1.54) is 12.3 Å². The largest absolute Gasteiger partial charge is 0.323 e. The molecule has 0 saturated heterocycles. The Balaban J connectivity index is 1.60. The third-order valence-corrected chi connectivity index (χ3v) is 6.50. The number of hydrogen-bond acceptors (Lipinski definition) is 5. The summed E-state index contributed by atoms with van der Waals surface area (Å²) in [5.74, 6) is -3.31. The molecule has 0 aliphatic rings. The zero-order chi connectivity index (χ0) is 24.5. The van der Waals surface area contributed by atoms with Crippen molar-refractivity contribution in [3.8, 4) is 11.4 Å². The number of nitrogens with one attached hydrogen (secondary N) is 3. The molecule has 4 rings (SSSR count). The van der Waals surface area contributed by atoms with E-state index in [-0.39, 0.29) is 11.4 Å². The summed E-state index contributed by atoms with van der Waals surface area (Å²) >= 11 is 5.90. The molecule has 3 N–H and O–H groups in total. The number of imidazole rings is 1. The number of carbonyl (C=O) groups excluding carboxylic acids is 1. The molecule has 8 nitrogen and oxygen atoms in total. The molecule has 34 heavy (non-hydrogen) atoms. The molecule has 0 aliphatic heterocycles. The Labute approximate surface area is 198 Å². The predicted molar refractivity (Wildman–Crippen MR) is 126 cm³/mol. The molecule has 0 saturated carbocycles. The molecule has 0 fully saturated rings. The van der Waals surface area contributed by atoms with Gasteiger partial charge in [0.25, 0.3) is 5.91 Å². The van der Waals surface area contributed by atoms with E-state index in [0.29, 0.717) is 28.4 Å². The molecule has 0 bridgehead atoms. The summed E-state index contributed by atoms with van der Waals surface area (Å²) < 4.78 is 55.1. The molecule has 0 unspecified atom stereocenters. The molecular formula is C22H18ClF2N5O3S. The standard InChI is InChI=1S/C22H18ClF2N5O3S/c1-2-9-34(32,33)30-16-8-7-15(24)18(19(16)25)22(31)27-14-10-17-21(26-11-14)29-20(28-17)12-3-5-13(23)6-4-12/h3-8,10-11,30H,2,9H2,1H3,(H,27,31)(H,26,28,29). The summed E-state index contributed by atoms with van der Waals surface area (Å²) in [7, 11) is -3.84. The lowest BCUT2D eigenvalue weighted by atomic mass is 10.1. The number of aromatic amines is 1. The minimum Gasteiger partial charge on any atom is -0.323 e. The minimum absolute atomic E-state index is 0.141. The summed E-state index contributed by atoms with van der Waals surface area (Å²) in [5, 5.41) is 2.95. The van der Waals surface area contributed by atoms with Gasteiger partial charge >= 0.3 is 0 Å². The lowest BCUT2D eigenvalue weighted by Gasteiger charge is -2.12. The number of H-pyrrole nitrogens is 1. The Kier molecular flexibility index (Phi) is 6.49. The minimum atomic E-state index is -3.84. The van der Waals surface area contributed by atoms with Crippen molar-refractivity contribution in [1.82, 2.24) is 15.0 Å². The van der Waals surface area contributed by atoms with Crippen LogP contribution in [0.4, 0.5) is 20.2 Å². The topological polar surface area (TPSA) is 117 Å². The summed E-state index contributed by atoms with van der Waals surface area (Å²) in [5.41, 5.74) is 0.300. The number of rotatable bonds is 7. The summed E-state index contributed by atoms with van der Waals surface area (Å²) in [6, 6.07) is 10.2. The smallest absolute Gasteiger partial charge is 0.261 e. The van der Waals surface area contributed by atoms with Crippen LogP contribution in [0.15, 0.2) is 48.7 Å². The van der Waals surface area contributed by atoms with E-state index in [2.05, 4.69) is 20.3 Å². The van der Waals surface area contributed by atoms with Crippen LogP contribution in [0, 0.1) is 11.6 Å². The van der Waals surface area contributed by atoms with Crippen LogP contribution in [0.25, 0.3) is 22.6 Å². The van der Waals surface area contributed by atoms with Gasteiger partial charge in [0.2, 0.25) is 10.0 Å². The van der Waals surface area contributed by atoms with Crippen molar-refractivity contribution in [2.75, 3.05) is 15.8 Å². The van der Waals surface area contributed by atoms with Gasteiger partial charge in [0.05, 0.1) is 23.3 Å². The highest BCUT2D eigenvalue weighted by atomic mass is 35.5. The van der Waals surface area contributed by atoms with Crippen LogP contribution in [-0.2, 0) is 10.0 Å². The normalized spacial score (nSPS) is 11.5. The summed E-state index contributed by atoms with van der Waals surface area (Å²) in [6.07, 6.45) is 1.60. The Hall–Kier alpha value is -3.57. The number of pyridine rings is 1. The number of aromatic nitrogens is 3. The second-order valence-electron chi connectivity index (χ2n) is 7.34. The third-order valence-electron chi connectivity index (χ3n) is 4.77. The van der Waals surface area contributed by atoms with Gasteiger partial charge in [-0.1, -0.05) is 18.5 Å². The van der Waals surface area contributed by atoms with Crippen LogP contribution in [0.2, 0.25) is 5.02 Å². The number of carbonyl (C=O) groups is 1. The van der Waals surface area contributed by atoms with Gasteiger partial charge in [-0.05, 0) is 48.9 Å². The van der Waals surface area contributed by atoms with Gasteiger partial charge in [-0.2, -0.15) is 0 Å². The Morgan fingerprint density at radius 1 is 1.15 bits per heavy atom. The Bertz CT molecular complexity index is 1490. The van der Waals surface area contributed by atoms with Gasteiger partial charge in [0, 0.05) is 10.6 Å². The first kappa shape index (κ1) is 23.6. The average Bonchev–Trinajstić information content (AvgIpc) is 3.19. The maximum atomic E-state index is 14.9. The highest BCUT2D eigenvalue weighted by Gasteiger charge is 2.23. The van der Waals surface area contributed by atoms with E-state index in [1.54, 1.807) is 31.2 Å². The van der Waals surface area contributed by atoms with Crippen LogP contribution >= 0.6 is 11.6 Å². The SMILES string of the molecule is CCCS(=O)(=O)Nc1ccc(F)c(C(=O)Nc2cnc3[nH]c(-c4ccc(Cl)cc4)nc3c2)c1F. The van der Waals surface area contributed by atoms with Gasteiger partial charge in [-0.25, -0.2) is 27.2 Å². The summed E-state index contributed by atoms with van der Waals surface area (Å²) in [6.45, 7) is 1.64. The molecule has 176 valence electrons. The first-order chi connectivity index (χ1) is 16.2. The number of amides is 1. The van der Waals surface area contributed by atoms with Gasteiger partial charge in [-0.3, -0.25) is 9.52 Å². The number of anilines is 2. The van der Waals surface area contributed by atoms with Crippen molar-refractivity contribution in [1.29, 1.82) is 0 Å². The molecule has 12 heteroatoms. The molecule has 4 aromatic rings. The van der Waals surface area contributed by atoms with Crippen LogP contribution in [0.5, 0.6) is 0 Å². The first-order valence-corrected chi connectivity index (χ1v) is 12.1. The van der Waals surface area contributed by atoms with Crippen molar-refractivity contribution in [2.24, 2.45) is 0 Å². The maximum absolute atomic E-state index is 14.9. The predicted octanol–water partition coefficient (Wildman–Crippen LogP) is 4.96. The van der Waals surface area contributed by atoms with Crippen molar-refractivity contribution >= 4 is 50.1 Å². The lowest BCUT2D eigenvalue weighted by Crippen LogP contribution is -2.20. The Morgan fingerprint density at radius 2 is 1.88 bits per heavy atom. The molecule has 2 aromatic carbocycles. The monoisotopic (exact) mass is 505 g/mol. The third kappa shape index (κ3) is 5.00. The molecule has 0 aliphatic carbocycles. The number of fused-ring (bicyclic) bond motifs is 1. The van der Waals surface area contributed by atoms with Crippen LogP contribution in [0.3, 0.4) is 0 Å². The van der Waals surface area contributed by atoms with E-state index < -0.39 is 38.8 Å². The van der Waals surface area contributed by atoms with Crippen LogP contribution < -0.4 is 10.0 Å². The quantitative estimate of drug-likeness (QED) is 0.328. The average molecular weight is 506 g/mol. The Morgan fingerprint density at radius 3 is 2.59 bits per heavy atom. The number of sulfonamides is 1. The van der Waals surface area contributed by atoms with Gasteiger partial charge in [0.15, 0.2) is 11.5 Å². The molecule has 1 amide bonds. The van der Waals surface area contributed by atoms with Crippen LogP contribution in [-0.4, -0.2) is 35.0 Å². The van der Waals surface area contributed by atoms with E-state index in [9.17, 15) is 22.0 Å². The van der Waals surface area contributed by atoms with Crippen molar-refractivity contribution in [3.63, 3.8) is 0 Å². The highest BCUT2D eigenvalue weighted by molar-refractivity contribution is 7.92. The zero-order valence-corrected chi connectivity index (χ0v) is 19.3. The van der Waals surface area contributed by atoms with Gasteiger partial charge in [-0.15, -0.1) is 0 Å². The van der Waals surface area contributed by atoms with Gasteiger partial charge < -0.3 is 10.3 Å². The lowest BCUT2D eigenvalue weighted by molar-refractivity contribution is 0.101. The highest BCUT2D eigenvalue weighted by Crippen LogP contribution is 2.25. The second-order valence-corrected chi connectivity index (χ2v) is 9.62. The maximum Gasteiger partial charge on any atom is 0.261 e.